The van der Waals surface area contributed by atoms with Gasteiger partial charge in [-0.1, -0.05) is 18.2 Å². The predicted octanol–water partition coefficient (Wildman–Crippen LogP) is 2.47. The molecule has 25 heavy (non-hydrogen) atoms. The van der Waals surface area contributed by atoms with E-state index in [9.17, 15) is 4.79 Å². The highest BCUT2D eigenvalue weighted by molar-refractivity contribution is 5.91. The molecule has 3 aromatic rings. The summed E-state index contributed by atoms with van der Waals surface area (Å²) in [4.78, 5) is 12.0. The van der Waals surface area contributed by atoms with E-state index in [1.54, 1.807) is 17.1 Å². The SMILES string of the molecule is CCn1cc(Cn2cc(NC(=O)COc3ccccc3C)cn2)cn1. The quantitative estimate of drug-likeness (QED) is 0.718. The van der Waals surface area contributed by atoms with Crippen LogP contribution in [0.2, 0.25) is 0 Å². The molecule has 0 fully saturated rings. The van der Waals surface area contributed by atoms with Crippen LogP contribution in [0.4, 0.5) is 5.69 Å². The third-order valence-electron chi connectivity index (χ3n) is 3.72. The number of hydrogen-bond acceptors (Lipinski definition) is 4. The second kappa shape index (κ2) is 7.65. The van der Waals surface area contributed by atoms with E-state index in [1.807, 2.05) is 55.2 Å². The van der Waals surface area contributed by atoms with Gasteiger partial charge in [0.2, 0.25) is 0 Å². The van der Waals surface area contributed by atoms with E-state index < -0.39 is 0 Å². The van der Waals surface area contributed by atoms with E-state index in [2.05, 4.69) is 15.5 Å². The summed E-state index contributed by atoms with van der Waals surface area (Å²) in [6.45, 7) is 5.38. The molecule has 2 heterocycles. The number of anilines is 1. The zero-order valence-electron chi connectivity index (χ0n) is 14.3. The van der Waals surface area contributed by atoms with Gasteiger partial charge >= 0.3 is 0 Å². The molecular formula is C18H21N5O2. The maximum Gasteiger partial charge on any atom is 0.262 e. The lowest BCUT2D eigenvalue weighted by molar-refractivity contribution is -0.118. The molecule has 3 rings (SSSR count). The molecule has 7 nitrogen and oxygen atoms in total. The maximum atomic E-state index is 12.0. The summed E-state index contributed by atoms with van der Waals surface area (Å²) >= 11 is 0. The van der Waals surface area contributed by atoms with Crippen LogP contribution >= 0.6 is 0 Å². The minimum atomic E-state index is -0.221. The fraction of sp³-hybridized carbons (Fsp3) is 0.278. The zero-order chi connectivity index (χ0) is 17.6. The van der Waals surface area contributed by atoms with Crippen molar-refractivity contribution in [3.05, 3.63) is 60.2 Å². The van der Waals surface area contributed by atoms with Crippen molar-refractivity contribution in [3.8, 4) is 5.75 Å². The lowest BCUT2D eigenvalue weighted by atomic mass is 10.2. The van der Waals surface area contributed by atoms with Crippen molar-refractivity contribution in [2.24, 2.45) is 0 Å². The fourth-order valence-electron chi connectivity index (χ4n) is 2.42. The highest BCUT2D eigenvalue weighted by Gasteiger charge is 2.07. The van der Waals surface area contributed by atoms with Gasteiger partial charge < -0.3 is 10.1 Å². The molecule has 0 radical (unpaired) electrons. The van der Waals surface area contributed by atoms with Crippen LogP contribution < -0.4 is 10.1 Å². The van der Waals surface area contributed by atoms with Gasteiger partial charge in [-0.15, -0.1) is 0 Å². The number of carbonyl (C=O) groups excluding carboxylic acids is 1. The Bertz CT molecular complexity index is 853. The number of ether oxygens (including phenoxy) is 1. The maximum absolute atomic E-state index is 12.0. The highest BCUT2D eigenvalue weighted by atomic mass is 16.5. The van der Waals surface area contributed by atoms with Gasteiger partial charge in [0.15, 0.2) is 6.61 Å². The number of amides is 1. The van der Waals surface area contributed by atoms with Gasteiger partial charge in [0, 0.05) is 24.5 Å². The Hall–Kier alpha value is -3.09. The van der Waals surface area contributed by atoms with Gasteiger partial charge in [-0.3, -0.25) is 14.2 Å². The summed E-state index contributed by atoms with van der Waals surface area (Å²) in [6.07, 6.45) is 7.21. The van der Waals surface area contributed by atoms with Gasteiger partial charge in [0.1, 0.15) is 5.75 Å². The van der Waals surface area contributed by atoms with Gasteiger partial charge in [-0.25, -0.2) is 0 Å². The molecule has 7 heteroatoms. The van der Waals surface area contributed by atoms with Crippen LogP contribution in [-0.4, -0.2) is 32.1 Å². The van der Waals surface area contributed by atoms with Crippen LogP contribution in [0, 0.1) is 6.92 Å². The summed E-state index contributed by atoms with van der Waals surface area (Å²) in [5.74, 6) is 0.489. The van der Waals surface area contributed by atoms with E-state index in [0.29, 0.717) is 18.0 Å². The number of carbonyl (C=O) groups is 1. The molecule has 0 saturated carbocycles. The second-order valence-electron chi connectivity index (χ2n) is 5.73. The Balaban J connectivity index is 1.52. The van der Waals surface area contributed by atoms with Gasteiger partial charge in [0.05, 0.1) is 24.6 Å². The lowest BCUT2D eigenvalue weighted by Gasteiger charge is -2.08. The van der Waals surface area contributed by atoms with Gasteiger partial charge in [-0.2, -0.15) is 10.2 Å². The molecule has 0 unspecified atom stereocenters. The summed E-state index contributed by atoms with van der Waals surface area (Å²) < 4.78 is 9.16. The Morgan fingerprint density at radius 3 is 2.72 bits per heavy atom. The van der Waals surface area contributed by atoms with Crippen molar-refractivity contribution in [1.82, 2.24) is 19.6 Å². The molecular weight excluding hydrogens is 318 g/mol. The van der Waals surface area contributed by atoms with Crippen LogP contribution in [0.15, 0.2) is 49.1 Å². The summed E-state index contributed by atoms with van der Waals surface area (Å²) in [6, 6.07) is 7.60. The molecule has 0 bridgehead atoms. The predicted molar refractivity (Wildman–Crippen MR) is 94.5 cm³/mol. The Labute approximate surface area is 146 Å². The van der Waals surface area contributed by atoms with Crippen LogP contribution in [0.5, 0.6) is 5.75 Å². The summed E-state index contributed by atoms with van der Waals surface area (Å²) in [5.41, 5.74) is 2.70. The summed E-state index contributed by atoms with van der Waals surface area (Å²) in [5, 5.41) is 11.3. The molecule has 2 aromatic heterocycles. The van der Waals surface area contributed by atoms with Crippen LogP contribution in [0.25, 0.3) is 0 Å². The van der Waals surface area contributed by atoms with E-state index in [4.69, 9.17) is 4.74 Å². The average molecular weight is 339 g/mol. The molecule has 1 aromatic carbocycles. The molecule has 1 amide bonds. The smallest absolute Gasteiger partial charge is 0.262 e. The number of aromatic nitrogens is 4. The van der Waals surface area contributed by atoms with E-state index >= 15 is 0 Å². The fourth-order valence-corrected chi connectivity index (χ4v) is 2.42. The monoisotopic (exact) mass is 339 g/mol. The normalized spacial score (nSPS) is 10.6. The first kappa shape index (κ1) is 16.8. The number of benzene rings is 1. The second-order valence-corrected chi connectivity index (χ2v) is 5.73. The first-order chi connectivity index (χ1) is 12.1. The molecule has 0 aliphatic carbocycles. The van der Waals surface area contributed by atoms with Crippen LogP contribution in [-0.2, 0) is 17.9 Å². The van der Waals surface area contributed by atoms with Gasteiger partial charge in [-0.05, 0) is 25.5 Å². The Kier molecular flexibility index (Phi) is 5.13. The average Bonchev–Trinajstić information content (AvgIpc) is 3.24. The topological polar surface area (TPSA) is 74.0 Å². The largest absolute Gasteiger partial charge is 0.483 e. The van der Waals surface area contributed by atoms with Crippen molar-refractivity contribution < 1.29 is 9.53 Å². The number of nitrogens with one attached hydrogen (secondary N) is 1. The Morgan fingerprint density at radius 1 is 1.16 bits per heavy atom. The first-order valence-corrected chi connectivity index (χ1v) is 8.16. The summed E-state index contributed by atoms with van der Waals surface area (Å²) in [7, 11) is 0. The van der Waals surface area contributed by atoms with Crippen molar-refractivity contribution in [3.63, 3.8) is 0 Å². The number of aryl methyl sites for hydroxylation is 2. The molecule has 0 aliphatic heterocycles. The van der Waals surface area contributed by atoms with Crippen LogP contribution in [0.1, 0.15) is 18.1 Å². The van der Waals surface area contributed by atoms with Gasteiger partial charge in [0.25, 0.3) is 5.91 Å². The minimum absolute atomic E-state index is 0.0424. The van der Waals surface area contributed by atoms with Crippen molar-refractivity contribution >= 4 is 11.6 Å². The first-order valence-electron chi connectivity index (χ1n) is 8.16. The number of para-hydroxylation sites is 1. The van der Waals surface area contributed by atoms with Crippen molar-refractivity contribution in [2.45, 2.75) is 26.9 Å². The lowest BCUT2D eigenvalue weighted by Crippen LogP contribution is -2.20. The number of nitrogens with zero attached hydrogens (tertiary/aromatic N) is 4. The third-order valence-corrected chi connectivity index (χ3v) is 3.72. The molecule has 0 atom stereocenters. The van der Waals surface area contributed by atoms with Crippen molar-refractivity contribution in [2.75, 3.05) is 11.9 Å². The third kappa shape index (κ3) is 4.47. The number of rotatable bonds is 7. The van der Waals surface area contributed by atoms with E-state index in [0.717, 1.165) is 17.7 Å². The highest BCUT2D eigenvalue weighted by Crippen LogP contribution is 2.16. The molecule has 130 valence electrons. The standard InChI is InChI=1S/C18H21N5O2/c1-3-22-10-15(8-19-22)11-23-12-16(9-20-23)21-18(24)13-25-17-7-5-4-6-14(17)2/h4-10,12H,3,11,13H2,1-2H3,(H,21,24). The zero-order valence-corrected chi connectivity index (χ0v) is 14.3. The van der Waals surface area contributed by atoms with E-state index in [1.165, 1.54) is 0 Å². The van der Waals surface area contributed by atoms with Crippen LogP contribution in [0.3, 0.4) is 0 Å². The molecule has 1 N–H and O–H groups in total. The molecule has 0 saturated heterocycles. The Morgan fingerprint density at radius 2 is 1.96 bits per heavy atom. The number of hydrogen-bond donors (Lipinski definition) is 1. The molecule has 0 spiro atoms. The minimum Gasteiger partial charge on any atom is -0.483 e. The van der Waals surface area contributed by atoms with E-state index in [-0.39, 0.29) is 12.5 Å². The molecule has 0 aliphatic rings. The van der Waals surface area contributed by atoms with Crippen molar-refractivity contribution in [1.29, 1.82) is 0 Å².